The number of pyridine rings is 1. The first-order valence-electron chi connectivity index (χ1n) is 5.29. The van der Waals surface area contributed by atoms with Gasteiger partial charge >= 0.3 is 0 Å². The van der Waals surface area contributed by atoms with Crippen molar-refractivity contribution >= 4 is 11.9 Å². The van der Waals surface area contributed by atoms with Crippen molar-refractivity contribution in [2.45, 2.75) is 6.10 Å². The topological polar surface area (TPSA) is 48.4 Å². The average Bonchev–Trinajstić information content (AvgIpc) is 2.39. The van der Waals surface area contributed by atoms with Gasteiger partial charge in [0.1, 0.15) is 18.5 Å². The van der Waals surface area contributed by atoms with Crippen LogP contribution in [-0.4, -0.2) is 30.6 Å². The SMILES string of the molecule is COC1C=C(C=Cc2ccccn2)OCC1=O. The maximum atomic E-state index is 11.3. The molecule has 0 amide bonds. The number of ether oxygens (including phenoxy) is 2. The Hall–Kier alpha value is -1.94. The van der Waals surface area contributed by atoms with Gasteiger partial charge in [-0.05, 0) is 30.4 Å². The minimum absolute atomic E-state index is 0.0525. The summed E-state index contributed by atoms with van der Waals surface area (Å²) >= 11 is 0. The molecule has 0 spiro atoms. The van der Waals surface area contributed by atoms with E-state index in [1.54, 1.807) is 18.3 Å². The lowest BCUT2D eigenvalue weighted by Crippen LogP contribution is -2.29. The number of hydrogen-bond acceptors (Lipinski definition) is 4. The van der Waals surface area contributed by atoms with Gasteiger partial charge in [0.25, 0.3) is 0 Å². The lowest BCUT2D eigenvalue weighted by Gasteiger charge is -2.17. The van der Waals surface area contributed by atoms with E-state index >= 15 is 0 Å². The van der Waals surface area contributed by atoms with Crippen molar-refractivity contribution in [2.24, 2.45) is 0 Å². The van der Waals surface area contributed by atoms with E-state index in [9.17, 15) is 4.79 Å². The van der Waals surface area contributed by atoms with Crippen molar-refractivity contribution in [3.8, 4) is 0 Å². The standard InChI is InChI=1S/C13H13NO3/c1-16-13-8-11(17-9-12(13)15)6-5-10-4-2-3-7-14-10/h2-8,13H,9H2,1H3. The predicted octanol–water partition coefficient (Wildman–Crippen LogP) is 1.59. The Bertz CT molecular complexity index is 451. The fourth-order valence-electron chi connectivity index (χ4n) is 1.47. The Morgan fingerprint density at radius 3 is 3.06 bits per heavy atom. The van der Waals surface area contributed by atoms with Crippen molar-refractivity contribution in [3.05, 3.63) is 48.0 Å². The summed E-state index contributed by atoms with van der Waals surface area (Å²) < 4.78 is 10.3. The molecule has 1 aromatic heterocycles. The average molecular weight is 231 g/mol. The lowest BCUT2D eigenvalue weighted by molar-refractivity contribution is -0.131. The van der Waals surface area contributed by atoms with Crippen molar-refractivity contribution in [3.63, 3.8) is 0 Å². The first-order valence-corrected chi connectivity index (χ1v) is 5.29. The highest BCUT2D eigenvalue weighted by molar-refractivity contribution is 5.87. The number of carbonyl (C=O) groups excluding carboxylic acids is 1. The molecular weight excluding hydrogens is 218 g/mol. The Morgan fingerprint density at radius 1 is 1.47 bits per heavy atom. The molecule has 0 N–H and O–H groups in total. The summed E-state index contributed by atoms with van der Waals surface area (Å²) in [5.41, 5.74) is 0.836. The summed E-state index contributed by atoms with van der Waals surface area (Å²) in [6.07, 6.45) is 6.48. The van der Waals surface area contributed by atoms with Crippen LogP contribution in [0.1, 0.15) is 5.69 Å². The largest absolute Gasteiger partial charge is 0.486 e. The molecule has 1 unspecified atom stereocenters. The van der Waals surface area contributed by atoms with E-state index in [1.165, 1.54) is 7.11 Å². The summed E-state index contributed by atoms with van der Waals surface area (Å²) in [4.78, 5) is 15.5. The first-order chi connectivity index (χ1) is 8.29. The molecule has 0 aromatic carbocycles. The number of hydrogen-bond donors (Lipinski definition) is 0. The number of methoxy groups -OCH3 is 1. The molecule has 2 heterocycles. The molecule has 2 rings (SSSR count). The van der Waals surface area contributed by atoms with Crippen LogP contribution < -0.4 is 0 Å². The fraction of sp³-hybridized carbons (Fsp3) is 0.231. The minimum atomic E-state index is -0.507. The third kappa shape index (κ3) is 3.01. The van der Waals surface area contributed by atoms with Gasteiger partial charge in [0.15, 0.2) is 0 Å². The maximum Gasteiger partial charge on any atom is 0.202 e. The van der Waals surface area contributed by atoms with Gasteiger partial charge < -0.3 is 9.47 Å². The summed E-state index contributed by atoms with van der Waals surface area (Å²) in [5.74, 6) is 0.560. The molecule has 4 nitrogen and oxygen atoms in total. The van der Waals surface area contributed by atoms with Gasteiger partial charge in [-0.25, -0.2) is 0 Å². The van der Waals surface area contributed by atoms with Crippen LogP contribution >= 0.6 is 0 Å². The molecule has 0 aliphatic carbocycles. The molecule has 17 heavy (non-hydrogen) atoms. The zero-order valence-electron chi connectivity index (χ0n) is 9.50. The van der Waals surface area contributed by atoms with E-state index in [0.717, 1.165) is 5.69 Å². The minimum Gasteiger partial charge on any atom is -0.486 e. The highest BCUT2D eigenvalue weighted by atomic mass is 16.5. The third-order valence-corrected chi connectivity index (χ3v) is 2.37. The van der Waals surface area contributed by atoms with Crippen LogP contribution in [-0.2, 0) is 14.3 Å². The van der Waals surface area contributed by atoms with Crippen LogP contribution in [0.5, 0.6) is 0 Å². The number of allylic oxidation sites excluding steroid dienone is 1. The van der Waals surface area contributed by atoms with Gasteiger partial charge in [-0.1, -0.05) is 6.07 Å². The third-order valence-electron chi connectivity index (χ3n) is 2.37. The van der Waals surface area contributed by atoms with Crippen LogP contribution in [0.4, 0.5) is 0 Å². The highest BCUT2D eigenvalue weighted by Crippen LogP contribution is 2.13. The van der Waals surface area contributed by atoms with E-state index in [4.69, 9.17) is 9.47 Å². The van der Waals surface area contributed by atoms with Crippen LogP contribution in [0.2, 0.25) is 0 Å². The molecule has 0 fully saturated rings. The second kappa shape index (κ2) is 5.41. The second-order valence-electron chi connectivity index (χ2n) is 3.57. The molecule has 0 saturated carbocycles. The summed E-state index contributed by atoms with van der Waals surface area (Å²) in [6.45, 7) is 0.0525. The number of aromatic nitrogens is 1. The molecule has 1 atom stereocenters. The van der Waals surface area contributed by atoms with Crippen molar-refractivity contribution < 1.29 is 14.3 Å². The second-order valence-corrected chi connectivity index (χ2v) is 3.57. The maximum absolute atomic E-state index is 11.3. The van der Waals surface area contributed by atoms with E-state index < -0.39 is 6.10 Å². The molecule has 1 aliphatic rings. The van der Waals surface area contributed by atoms with Crippen molar-refractivity contribution in [1.29, 1.82) is 0 Å². The first kappa shape index (κ1) is 11.5. The number of rotatable bonds is 3. The summed E-state index contributed by atoms with van der Waals surface area (Å²) in [5, 5.41) is 0. The summed E-state index contributed by atoms with van der Waals surface area (Å²) in [7, 11) is 1.50. The van der Waals surface area contributed by atoms with Crippen molar-refractivity contribution in [2.75, 3.05) is 13.7 Å². The van der Waals surface area contributed by atoms with Gasteiger partial charge in [0.2, 0.25) is 5.78 Å². The van der Waals surface area contributed by atoms with Crippen LogP contribution in [0.3, 0.4) is 0 Å². The molecule has 88 valence electrons. The quantitative estimate of drug-likeness (QED) is 0.792. The Kier molecular flexibility index (Phi) is 3.67. The molecule has 1 aromatic rings. The molecule has 0 bridgehead atoms. The van der Waals surface area contributed by atoms with Crippen molar-refractivity contribution in [1.82, 2.24) is 4.98 Å². The normalized spacial score (nSPS) is 20.2. The lowest BCUT2D eigenvalue weighted by atomic mass is 10.1. The monoisotopic (exact) mass is 231 g/mol. The van der Waals surface area contributed by atoms with Crippen LogP contribution in [0.25, 0.3) is 6.08 Å². The number of Topliss-reactive ketones (excluding diaryl/α,β-unsaturated/α-hetero) is 1. The number of carbonyl (C=O) groups is 1. The van der Waals surface area contributed by atoms with Gasteiger partial charge in [-0.15, -0.1) is 0 Å². The predicted molar refractivity (Wildman–Crippen MR) is 63.1 cm³/mol. The van der Waals surface area contributed by atoms with E-state index in [0.29, 0.717) is 5.76 Å². The Labute approximate surface area is 99.6 Å². The van der Waals surface area contributed by atoms with Gasteiger partial charge in [-0.2, -0.15) is 0 Å². The van der Waals surface area contributed by atoms with Crippen LogP contribution in [0, 0.1) is 0 Å². The van der Waals surface area contributed by atoms with E-state index in [2.05, 4.69) is 4.98 Å². The molecular formula is C13H13NO3. The van der Waals surface area contributed by atoms with E-state index in [-0.39, 0.29) is 12.4 Å². The zero-order valence-corrected chi connectivity index (χ0v) is 9.50. The van der Waals surface area contributed by atoms with Crippen LogP contribution in [0.15, 0.2) is 42.3 Å². The molecule has 4 heteroatoms. The number of nitrogens with zero attached hydrogens (tertiary/aromatic N) is 1. The molecule has 0 saturated heterocycles. The Morgan fingerprint density at radius 2 is 2.35 bits per heavy atom. The smallest absolute Gasteiger partial charge is 0.202 e. The molecule has 1 aliphatic heterocycles. The molecule has 0 radical (unpaired) electrons. The summed E-state index contributed by atoms with van der Waals surface area (Å²) in [6, 6.07) is 5.65. The van der Waals surface area contributed by atoms with Gasteiger partial charge in [0.05, 0.1) is 5.69 Å². The Balaban J connectivity index is 2.09. The highest BCUT2D eigenvalue weighted by Gasteiger charge is 2.21. The van der Waals surface area contributed by atoms with E-state index in [1.807, 2.05) is 24.3 Å². The van der Waals surface area contributed by atoms with Gasteiger partial charge in [0, 0.05) is 13.3 Å². The van der Waals surface area contributed by atoms with Gasteiger partial charge in [-0.3, -0.25) is 9.78 Å². The number of ketones is 1. The zero-order chi connectivity index (χ0) is 12.1. The fourth-order valence-corrected chi connectivity index (χ4v) is 1.47.